The molecule has 2 saturated heterocycles. The number of hydrogen-bond donors (Lipinski definition) is 0. The topological polar surface area (TPSA) is 71.2 Å². The lowest BCUT2D eigenvalue weighted by Gasteiger charge is -2.39. The van der Waals surface area contributed by atoms with Crippen LogP contribution in [0.25, 0.3) is 0 Å². The van der Waals surface area contributed by atoms with Gasteiger partial charge in [0.1, 0.15) is 12.2 Å². The molecule has 2 aliphatic heterocycles. The van der Waals surface area contributed by atoms with Gasteiger partial charge in [-0.15, -0.1) is 0 Å². The predicted molar refractivity (Wildman–Crippen MR) is 105 cm³/mol. The van der Waals surface area contributed by atoms with Gasteiger partial charge in [-0.2, -0.15) is 0 Å². The minimum absolute atomic E-state index is 0.161. The maximum absolute atomic E-state index is 6.78. The van der Waals surface area contributed by atoms with E-state index in [-0.39, 0.29) is 23.4 Å². The highest BCUT2D eigenvalue weighted by Gasteiger charge is 2.53. The van der Waals surface area contributed by atoms with Crippen molar-refractivity contribution in [2.24, 2.45) is 0 Å². The molecule has 2 rings (SSSR count). The summed E-state index contributed by atoms with van der Waals surface area (Å²) in [5.41, 5.74) is -0.628. The van der Waals surface area contributed by atoms with Crippen LogP contribution >= 0.6 is 0 Å². The molecule has 2 aliphatic rings. The van der Waals surface area contributed by atoms with Crippen LogP contribution in [0.5, 0.6) is 0 Å². The van der Waals surface area contributed by atoms with Gasteiger partial charge in [-0.25, -0.2) is 0 Å². The third-order valence-electron chi connectivity index (χ3n) is 5.51. The van der Waals surface area contributed by atoms with E-state index in [1.807, 2.05) is 0 Å². The predicted octanol–water partition coefficient (Wildman–Crippen LogP) is 2.44. The standard InChI is InChI=1S/C18H36O7Si2/c1-17(15-13-23-15,9-7-11-26(19-3)20-4)25-18(2,16-14-24-16)10-8-12-27(21-5)22-6/h15-16H,7-14H2,1-6H3. The molecule has 2 heterocycles. The van der Waals surface area contributed by atoms with Crippen LogP contribution in [0.4, 0.5) is 0 Å². The van der Waals surface area contributed by atoms with Gasteiger partial charge in [0.25, 0.3) is 0 Å². The molecule has 7 nitrogen and oxygen atoms in total. The van der Waals surface area contributed by atoms with Crippen molar-refractivity contribution >= 4 is 18.6 Å². The van der Waals surface area contributed by atoms with Crippen molar-refractivity contribution in [3.05, 3.63) is 0 Å². The Hall–Kier alpha value is 0.154. The van der Waals surface area contributed by atoms with E-state index in [1.54, 1.807) is 28.4 Å². The van der Waals surface area contributed by atoms with Gasteiger partial charge in [-0.05, 0) is 51.6 Å². The Morgan fingerprint density at radius 1 is 0.741 bits per heavy atom. The Morgan fingerprint density at radius 3 is 1.33 bits per heavy atom. The lowest BCUT2D eigenvalue weighted by Crippen LogP contribution is -2.48. The Morgan fingerprint density at radius 2 is 1.07 bits per heavy atom. The number of ether oxygens (including phenoxy) is 3. The van der Waals surface area contributed by atoms with Crippen LogP contribution in [0, 0.1) is 0 Å². The minimum Gasteiger partial charge on any atom is -0.397 e. The smallest absolute Gasteiger partial charge is 0.384 e. The van der Waals surface area contributed by atoms with Gasteiger partial charge in [0.2, 0.25) is 0 Å². The largest absolute Gasteiger partial charge is 0.397 e. The molecule has 27 heavy (non-hydrogen) atoms. The van der Waals surface area contributed by atoms with Crippen LogP contribution in [-0.2, 0) is 31.9 Å². The van der Waals surface area contributed by atoms with Crippen molar-refractivity contribution in [2.45, 2.75) is 75.0 Å². The summed E-state index contributed by atoms with van der Waals surface area (Å²) in [6, 6.07) is 1.88. The second kappa shape index (κ2) is 10.8. The van der Waals surface area contributed by atoms with Gasteiger partial charge in [-0.3, -0.25) is 0 Å². The Balaban J connectivity index is 1.91. The van der Waals surface area contributed by atoms with Crippen LogP contribution in [0.2, 0.25) is 12.1 Å². The fourth-order valence-electron chi connectivity index (χ4n) is 3.63. The van der Waals surface area contributed by atoms with Gasteiger partial charge in [-0.1, -0.05) is 0 Å². The number of epoxide rings is 2. The quantitative estimate of drug-likeness (QED) is 0.280. The van der Waals surface area contributed by atoms with Crippen LogP contribution in [0.15, 0.2) is 0 Å². The molecule has 0 spiro atoms. The molecule has 4 unspecified atom stereocenters. The highest BCUT2D eigenvalue weighted by molar-refractivity contribution is 6.44. The fourth-order valence-corrected chi connectivity index (χ4v) is 5.71. The second-order valence-corrected chi connectivity index (χ2v) is 11.8. The average molecular weight is 421 g/mol. The molecule has 0 aromatic rings. The molecule has 0 saturated carbocycles. The van der Waals surface area contributed by atoms with Crippen molar-refractivity contribution in [3.8, 4) is 0 Å². The average Bonchev–Trinajstić information content (AvgIpc) is 3.52. The minimum atomic E-state index is -1.17. The molecule has 0 bridgehead atoms. The summed E-state index contributed by atoms with van der Waals surface area (Å²) in [4.78, 5) is 0. The lowest BCUT2D eigenvalue weighted by molar-refractivity contribution is -0.167. The van der Waals surface area contributed by atoms with Crippen LogP contribution < -0.4 is 0 Å². The molecule has 4 atom stereocenters. The van der Waals surface area contributed by atoms with Crippen molar-refractivity contribution in [1.29, 1.82) is 0 Å². The Kier molecular flexibility index (Phi) is 9.37. The zero-order chi connectivity index (χ0) is 19.9. The Labute approximate surface area is 167 Å². The maximum atomic E-state index is 6.78. The fraction of sp³-hybridized carbons (Fsp3) is 1.00. The first-order chi connectivity index (χ1) is 12.9. The summed E-state index contributed by atoms with van der Waals surface area (Å²) >= 11 is 0. The third-order valence-corrected chi connectivity index (χ3v) is 8.86. The van der Waals surface area contributed by atoms with E-state index in [0.717, 1.165) is 51.0 Å². The zero-order valence-electron chi connectivity index (χ0n) is 17.7. The summed E-state index contributed by atoms with van der Waals surface area (Å²) in [6.07, 6.45) is 4.16. The van der Waals surface area contributed by atoms with E-state index in [4.69, 9.17) is 31.9 Å². The summed E-state index contributed by atoms with van der Waals surface area (Å²) in [5, 5.41) is 0. The van der Waals surface area contributed by atoms with Crippen LogP contribution in [0.3, 0.4) is 0 Å². The van der Waals surface area contributed by atoms with E-state index in [9.17, 15) is 0 Å². The molecule has 0 aliphatic carbocycles. The molecular formula is C18H36O7Si2. The molecule has 2 radical (unpaired) electrons. The molecular weight excluding hydrogens is 384 g/mol. The maximum Gasteiger partial charge on any atom is 0.384 e. The van der Waals surface area contributed by atoms with E-state index in [0.29, 0.717) is 0 Å². The number of hydrogen-bond acceptors (Lipinski definition) is 7. The van der Waals surface area contributed by atoms with Crippen molar-refractivity contribution in [1.82, 2.24) is 0 Å². The van der Waals surface area contributed by atoms with E-state index >= 15 is 0 Å². The van der Waals surface area contributed by atoms with Crippen molar-refractivity contribution in [2.75, 3.05) is 41.7 Å². The lowest BCUT2D eigenvalue weighted by atomic mass is 9.91. The van der Waals surface area contributed by atoms with Crippen molar-refractivity contribution in [3.63, 3.8) is 0 Å². The highest BCUT2D eigenvalue weighted by Crippen LogP contribution is 2.42. The molecule has 9 heteroatoms. The van der Waals surface area contributed by atoms with Crippen LogP contribution in [-0.4, -0.2) is 83.6 Å². The van der Waals surface area contributed by atoms with Gasteiger partial charge >= 0.3 is 18.6 Å². The molecule has 0 amide bonds. The van der Waals surface area contributed by atoms with Gasteiger partial charge in [0.05, 0.1) is 24.4 Å². The van der Waals surface area contributed by atoms with Crippen LogP contribution in [0.1, 0.15) is 39.5 Å². The monoisotopic (exact) mass is 420 g/mol. The third kappa shape index (κ3) is 7.16. The second-order valence-electron chi connectivity index (χ2n) is 7.64. The summed E-state index contributed by atoms with van der Waals surface area (Å²) < 4.78 is 39.7. The molecule has 2 fully saturated rings. The van der Waals surface area contributed by atoms with E-state index in [1.165, 1.54) is 0 Å². The van der Waals surface area contributed by atoms with Crippen molar-refractivity contribution < 1.29 is 31.9 Å². The van der Waals surface area contributed by atoms with Gasteiger partial charge in [0, 0.05) is 28.4 Å². The first-order valence-corrected chi connectivity index (χ1v) is 12.8. The molecule has 0 N–H and O–H groups in total. The normalized spacial score (nSPS) is 26.2. The summed E-state index contributed by atoms with van der Waals surface area (Å²) in [7, 11) is 4.52. The summed E-state index contributed by atoms with van der Waals surface area (Å²) in [6.45, 7) is 5.89. The first-order valence-electron chi connectivity index (χ1n) is 9.71. The molecule has 0 aromatic carbocycles. The van der Waals surface area contributed by atoms with E-state index < -0.39 is 18.6 Å². The zero-order valence-corrected chi connectivity index (χ0v) is 19.7. The number of rotatable bonds is 16. The molecule has 158 valence electrons. The van der Waals surface area contributed by atoms with Gasteiger partial charge in [0.15, 0.2) is 0 Å². The molecule has 0 aromatic heterocycles. The van der Waals surface area contributed by atoms with E-state index in [2.05, 4.69) is 13.8 Å². The van der Waals surface area contributed by atoms with Gasteiger partial charge < -0.3 is 31.9 Å². The highest BCUT2D eigenvalue weighted by atomic mass is 28.3. The Bertz CT molecular complexity index is 390. The summed E-state index contributed by atoms with van der Waals surface area (Å²) in [5.74, 6) is 0. The SMILES string of the molecule is CO[Si](CCCC(C)(OC(C)(CCC[Si](OC)OC)C1CO1)C1CO1)OC. The first kappa shape index (κ1) is 23.4.